The molecule has 12 rings (SSSR count). The first-order valence-electron chi connectivity index (χ1n) is 23.1. The third-order valence-electron chi connectivity index (χ3n) is 15.5. The number of nitrogens with zero attached hydrogens (tertiary/aromatic N) is 1. The summed E-state index contributed by atoms with van der Waals surface area (Å²) < 4.78 is 0. The summed E-state index contributed by atoms with van der Waals surface area (Å²) >= 11 is 0. The Morgan fingerprint density at radius 1 is 0.431 bits per heavy atom. The molecule has 8 aromatic rings. The van der Waals surface area contributed by atoms with Crippen molar-refractivity contribution in [2.24, 2.45) is 0 Å². The van der Waals surface area contributed by atoms with Crippen LogP contribution in [0.4, 0.5) is 17.1 Å². The second-order valence-electron chi connectivity index (χ2n) is 18.8. The molecule has 4 aliphatic carbocycles. The van der Waals surface area contributed by atoms with Crippen molar-refractivity contribution < 1.29 is 0 Å². The molecule has 0 aromatic heterocycles. The lowest BCUT2D eigenvalue weighted by Gasteiger charge is -2.49. The van der Waals surface area contributed by atoms with Gasteiger partial charge in [-0.25, -0.2) is 0 Å². The SMILES string of the molecule is C=CC1=C(C)c2ccc(N(c3ccc(-c4ccccc4)cc3)c3cccc4c3-c3ccccc3C43c4ccccc4C4(C(C=CC)=C(C)c5ccccc54)c4ccccc43)cc2C1(C)C. The highest BCUT2D eigenvalue weighted by atomic mass is 15.1. The van der Waals surface area contributed by atoms with E-state index in [0.717, 1.165) is 17.1 Å². The Morgan fingerprint density at radius 3 is 1.55 bits per heavy atom. The minimum Gasteiger partial charge on any atom is -0.310 e. The van der Waals surface area contributed by atoms with E-state index in [-0.39, 0.29) is 5.41 Å². The second-order valence-corrected chi connectivity index (χ2v) is 18.8. The maximum absolute atomic E-state index is 4.27. The van der Waals surface area contributed by atoms with Crippen LogP contribution in [0.2, 0.25) is 0 Å². The third-order valence-corrected chi connectivity index (χ3v) is 15.5. The Morgan fingerprint density at radius 2 is 0.923 bits per heavy atom. The third kappa shape index (κ3) is 5.04. The Labute approximate surface area is 384 Å². The van der Waals surface area contributed by atoms with Gasteiger partial charge in [0.05, 0.1) is 16.5 Å². The van der Waals surface area contributed by atoms with E-state index < -0.39 is 10.8 Å². The van der Waals surface area contributed by atoms with Crippen molar-refractivity contribution in [1.29, 1.82) is 0 Å². The molecule has 0 unspecified atom stereocenters. The van der Waals surface area contributed by atoms with Crippen LogP contribution in [0, 0.1) is 0 Å². The van der Waals surface area contributed by atoms with Crippen LogP contribution < -0.4 is 4.90 Å². The fourth-order valence-corrected chi connectivity index (χ4v) is 12.9. The molecular formula is C64H51N. The lowest BCUT2D eigenvalue weighted by molar-refractivity contribution is 0.630. The van der Waals surface area contributed by atoms with Crippen molar-refractivity contribution in [3.63, 3.8) is 0 Å². The average Bonchev–Trinajstić information content (AvgIpc) is 3.86. The Hall–Kier alpha value is -7.48. The van der Waals surface area contributed by atoms with Crippen LogP contribution in [0.15, 0.2) is 224 Å². The van der Waals surface area contributed by atoms with Gasteiger partial charge in [0.15, 0.2) is 0 Å². The zero-order valence-corrected chi connectivity index (χ0v) is 37.8. The molecule has 0 radical (unpaired) electrons. The molecule has 0 N–H and O–H groups in total. The molecule has 0 amide bonds. The molecule has 4 aliphatic rings. The standard InChI is InChI=1S/C64H51N/c1-7-21-51-42(4)47-24-12-14-26-52(47)63(51)54-28-16-18-30-56(54)64(57-31-19-17-29-55(57)63)53-27-15-13-25-49(53)61-58(64)32-20-33-60(61)65(45-36-34-44(35-37-45)43-22-10-9-11-23-43)46-38-39-48-41(3)50(8-2)62(5,6)59(48)40-46/h7-40H,2H2,1,3-6H3. The van der Waals surface area contributed by atoms with Crippen molar-refractivity contribution in [2.45, 2.75) is 50.9 Å². The largest absolute Gasteiger partial charge is 0.310 e. The van der Waals surface area contributed by atoms with E-state index >= 15 is 0 Å². The summed E-state index contributed by atoms with van der Waals surface area (Å²) in [6.07, 6.45) is 6.66. The maximum Gasteiger partial charge on any atom is 0.0720 e. The van der Waals surface area contributed by atoms with E-state index in [0.29, 0.717) is 0 Å². The first-order valence-corrected chi connectivity index (χ1v) is 23.1. The molecular weight excluding hydrogens is 783 g/mol. The lowest BCUT2D eigenvalue weighted by Crippen LogP contribution is -2.44. The Bertz CT molecular complexity index is 3340. The Kier molecular flexibility index (Phi) is 8.59. The molecule has 0 heterocycles. The van der Waals surface area contributed by atoms with E-state index in [1.54, 1.807) is 0 Å². The van der Waals surface area contributed by atoms with Crippen molar-refractivity contribution >= 4 is 28.2 Å². The van der Waals surface area contributed by atoms with Gasteiger partial charge in [-0.3, -0.25) is 0 Å². The fraction of sp³-hybridized carbons (Fsp3) is 0.125. The summed E-state index contributed by atoms with van der Waals surface area (Å²) in [6, 6.07) is 71.2. The summed E-state index contributed by atoms with van der Waals surface area (Å²) in [5.41, 5.74) is 25.7. The summed E-state index contributed by atoms with van der Waals surface area (Å²) in [6.45, 7) is 15.7. The van der Waals surface area contributed by atoms with Gasteiger partial charge in [-0.1, -0.05) is 196 Å². The summed E-state index contributed by atoms with van der Waals surface area (Å²) in [7, 11) is 0. The molecule has 312 valence electrons. The van der Waals surface area contributed by atoms with Gasteiger partial charge in [-0.15, -0.1) is 0 Å². The summed E-state index contributed by atoms with van der Waals surface area (Å²) in [4.78, 5) is 2.52. The minimum atomic E-state index is -0.588. The van der Waals surface area contributed by atoms with Gasteiger partial charge in [-0.05, 0) is 146 Å². The predicted octanol–water partition coefficient (Wildman–Crippen LogP) is 16.4. The van der Waals surface area contributed by atoms with Gasteiger partial charge in [0.25, 0.3) is 0 Å². The topological polar surface area (TPSA) is 3.24 Å². The lowest BCUT2D eigenvalue weighted by atomic mass is 9.52. The second kappa shape index (κ2) is 14.3. The fourth-order valence-electron chi connectivity index (χ4n) is 12.9. The van der Waals surface area contributed by atoms with E-state index in [2.05, 4.69) is 252 Å². The van der Waals surface area contributed by atoms with Crippen LogP contribution in [0.25, 0.3) is 33.4 Å². The van der Waals surface area contributed by atoms with Crippen LogP contribution >= 0.6 is 0 Å². The van der Waals surface area contributed by atoms with Crippen molar-refractivity contribution in [3.8, 4) is 22.3 Å². The first-order chi connectivity index (χ1) is 31.8. The maximum atomic E-state index is 4.27. The number of anilines is 3. The molecule has 0 saturated carbocycles. The molecule has 8 aromatic carbocycles. The molecule has 65 heavy (non-hydrogen) atoms. The zero-order chi connectivity index (χ0) is 44.2. The normalized spacial score (nSPS) is 19.3. The van der Waals surface area contributed by atoms with Gasteiger partial charge in [0.2, 0.25) is 0 Å². The number of hydrogen-bond acceptors (Lipinski definition) is 1. The van der Waals surface area contributed by atoms with Crippen LogP contribution in [0.1, 0.15) is 90.3 Å². The predicted molar refractivity (Wildman–Crippen MR) is 273 cm³/mol. The molecule has 1 heteroatoms. The summed E-state index contributed by atoms with van der Waals surface area (Å²) in [5.74, 6) is 0. The van der Waals surface area contributed by atoms with E-state index in [1.807, 2.05) is 0 Å². The van der Waals surface area contributed by atoms with Gasteiger partial charge in [0.1, 0.15) is 0 Å². The van der Waals surface area contributed by atoms with Crippen LogP contribution in [0.3, 0.4) is 0 Å². The number of allylic oxidation sites excluding steroid dienone is 7. The highest BCUT2D eigenvalue weighted by molar-refractivity contribution is 6.00. The highest BCUT2D eigenvalue weighted by Gasteiger charge is 2.59. The van der Waals surface area contributed by atoms with Crippen molar-refractivity contribution in [2.75, 3.05) is 4.90 Å². The van der Waals surface area contributed by atoms with E-state index in [9.17, 15) is 0 Å². The average molecular weight is 834 g/mol. The number of benzene rings is 8. The van der Waals surface area contributed by atoms with Gasteiger partial charge >= 0.3 is 0 Å². The van der Waals surface area contributed by atoms with E-state index in [1.165, 1.54) is 100 Å². The molecule has 0 fully saturated rings. The molecule has 0 saturated heterocycles. The number of hydrogen-bond donors (Lipinski definition) is 0. The van der Waals surface area contributed by atoms with Crippen LogP contribution in [-0.4, -0.2) is 0 Å². The zero-order valence-electron chi connectivity index (χ0n) is 37.8. The summed E-state index contributed by atoms with van der Waals surface area (Å²) in [5, 5.41) is 0. The van der Waals surface area contributed by atoms with Gasteiger partial charge < -0.3 is 4.90 Å². The number of fused-ring (bicyclic) bond motifs is 14. The molecule has 0 aliphatic heterocycles. The van der Waals surface area contributed by atoms with Gasteiger partial charge in [0, 0.05) is 22.4 Å². The highest BCUT2D eigenvalue weighted by Crippen LogP contribution is 2.68. The molecule has 0 bridgehead atoms. The van der Waals surface area contributed by atoms with Gasteiger partial charge in [-0.2, -0.15) is 0 Å². The monoisotopic (exact) mass is 833 g/mol. The Balaban J connectivity index is 1.16. The smallest absolute Gasteiger partial charge is 0.0720 e. The van der Waals surface area contributed by atoms with E-state index in [4.69, 9.17) is 0 Å². The first kappa shape index (κ1) is 39.1. The minimum absolute atomic E-state index is 0.182. The van der Waals surface area contributed by atoms with Crippen LogP contribution in [0.5, 0.6) is 0 Å². The molecule has 2 spiro atoms. The van der Waals surface area contributed by atoms with Crippen LogP contribution in [-0.2, 0) is 16.2 Å². The molecule has 1 nitrogen and oxygen atoms in total. The quantitative estimate of drug-likeness (QED) is 0.161. The van der Waals surface area contributed by atoms with Crippen molar-refractivity contribution in [1.82, 2.24) is 0 Å². The molecule has 0 atom stereocenters. The van der Waals surface area contributed by atoms with Crippen molar-refractivity contribution in [3.05, 3.63) is 280 Å². The number of rotatable bonds is 6.